The molecular formula is C42H30N4Si. The van der Waals surface area contributed by atoms with Gasteiger partial charge in [0.2, 0.25) is 0 Å². The third kappa shape index (κ3) is 3.57. The molecular weight excluding hydrogens is 589 g/mol. The van der Waals surface area contributed by atoms with Crippen LogP contribution in [0.2, 0.25) is 13.1 Å². The van der Waals surface area contributed by atoms with E-state index in [2.05, 4.69) is 168 Å². The van der Waals surface area contributed by atoms with Crippen LogP contribution in [0.4, 0.5) is 0 Å². The highest BCUT2D eigenvalue weighted by atomic mass is 28.3. The normalized spacial score (nSPS) is 13.5. The average molecular weight is 619 g/mol. The highest BCUT2D eigenvalue weighted by Gasteiger charge is 2.42. The molecule has 0 N–H and O–H groups in total. The lowest BCUT2D eigenvalue weighted by Crippen LogP contribution is -2.51. The number of benzene rings is 6. The SMILES string of the molecule is C[Si]1(C)c2ccccc2-c2c(-n3c4ccccc4c4ccc5c(c6ccccc6n5-c5ccccc5)c43)nc(-c3ccccc3)nc21. The van der Waals surface area contributed by atoms with E-state index >= 15 is 0 Å². The summed E-state index contributed by atoms with van der Waals surface area (Å²) < 4.78 is 4.85. The van der Waals surface area contributed by atoms with Crippen molar-refractivity contribution in [1.82, 2.24) is 19.1 Å². The van der Waals surface area contributed by atoms with Crippen molar-refractivity contribution in [3.8, 4) is 34.0 Å². The summed E-state index contributed by atoms with van der Waals surface area (Å²) in [5.41, 5.74) is 9.31. The molecule has 0 amide bonds. The van der Waals surface area contributed by atoms with Crippen molar-refractivity contribution in [1.29, 1.82) is 0 Å². The van der Waals surface area contributed by atoms with Gasteiger partial charge in [0.15, 0.2) is 5.82 Å². The Hall–Kier alpha value is -5.78. The fraction of sp³-hybridized carbons (Fsp3) is 0.0476. The van der Waals surface area contributed by atoms with Gasteiger partial charge in [0.25, 0.3) is 0 Å². The molecule has 10 rings (SSSR count). The van der Waals surface area contributed by atoms with Gasteiger partial charge in [0.1, 0.15) is 13.9 Å². The van der Waals surface area contributed by atoms with Gasteiger partial charge in [0.05, 0.1) is 22.1 Å². The Morgan fingerprint density at radius 3 is 1.94 bits per heavy atom. The lowest BCUT2D eigenvalue weighted by molar-refractivity contribution is 1.06. The van der Waals surface area contributed by atoms with Gasteiger partial charge in [-0.2, -0.15) is 0 Å². The number of para-hydroxylation sites is 3. The number of fused-ring (bicyclic) bond motifs is 10. The van der Waals surface area contributed by atoms with Gasteiger partial charge in [-0.05, 0) is 41.1 Å². The molecule has 0 bridgehead atoms. The van der Waals surface area contributed by atoms with E-state index in [1.165, 1.54) is 59.7 Å². The van der Waals surface area contributed by atoms with Gasteiger partial charge in [-0.25, -0.2) is 9.97 Å². The van der Waals surface area contributed by atoms with Crippen LogP contribution in [0.3, 0.4) is 0 Å². The number of hydrogen-bond donors (Lipinski definition) is 0. The predicted octanol–water partition coefficient (Wildman–Crippen LogP) is 9.14. The zero-order valence-electron chi connectivity index (χ0n) is 26.1. The first-order valence-corrected chi connectivity index (χ1v) is 19.2. The summed E-state index contributed by atoms with van der Waals surface area (Å²) >= 11 is 0. The van der Waals surface area contributed by atoms with Crippen LogP contribution >= 0.6 is 0 Å². The molecule has 222 valence electrons. The molecule has 6 aromatic carbocycles. The van der Waals surface area contributed by atoms with Gasteiger partial charge >= 0.3 is 0 Å². The van der Waals surface area contributed by atoms with Crippen molar-refractivity contribution in [3.05, 3.63) is 146 Å². The second-order valence-corrected chi connectivity index (χ2v) is 17.3. The van der Waals surface area contributed by atoms with Crippen molar-refractivity contribution >= 4 is 62.2 Å². The van der Waals surface area contributed by atoms with Crippen LogP contribution in [-0.2, 0) is 0 Å². The summed E-state index contributed by atoms with van der Waals surface area (Å²) in [4.78, 5) is 11.0. The molecule has 9 aromatic rings. The second kappa shape index (κ2) is 9.61. The topological polar surface area (TPSA) is 35.6 Å². The van der Waals surface area contributed by atoms with E-state index in [9.17, 15) is 0 Å². The maximum absolute atomic E-state index is 5.54. The van der Waals surface area contributed by atoms with E-state index in [-0.39, 0.29) is 0 Å². The lowest BCUT2D eigenvalue weighted by Gasteiger charge is -2.19. The molecule has 47 heavy (non-hydrogen) atoms. The quantitative estimate of drug-likeness (QED) is 0.185. The van der Waals surface area contributed by atoms with E-state index in [0.29, 0.717) is 0 Å². The number of aromatic nitrogens is 4. The number of nitrogens with zero attached hydrogens (tertiary/aromatic N) is 4. The van der Waals surface area contributed by atoms with Crippen LogP contribution < -0.4 is 10.5 Å². The van der Waals surface area contributed by atoms with Crippen LogP contribution in [0.25, 0.3) is 77.6 Å². The lowest BCUT2D eigenvalue weighted by atomic mass is 10.1. The Kier molecular flexibility index (Phi) is 5.41. The molecule has 0 fully saturated rings. The second-order valence-electron chi connectivity index (χ2n) is 13.0. The fourth-order valence-corrected chi connectivity index (χ4v) is 10.9. The van der Waals surface area contributed by atoms with Crippen LogP contribution in [-0.4, -0.2) is 27.2 Å². The van der Waals surface area contributed by atoms with Crippen molar-refractivity contribution in [2.45, 2.75) is 13.1 Å². The zero-order chi connectivity index (χ0) is 31.3. The molecule has 4 heterocycles. The van der Waals surface area contributed by atoms with E-state index in [0.717, 1.165) is 28.4 Å². The number of rotatable bonds is 3. The smallest absolute Gasteiger partial charge is 0.161 e. The largest absolute Gasteiger partial charge is 0.309 e. The van der Waals surface area contributed by atoms with Gasteiger partial charge in [-0.3, -0.25) is 4.57 Å². The van der Waals surface area contributed by atoms with E-state index < -0.39 is 8.07 Å². The van der Waals surface area contributed by atoms with E-state index in [1.807, 2.05) is 0 Å². The molecule has 0 saturated carbocycles. The zero-order valence-corrected chi connectivity index (χ0v) is 27.1. The number of hydrogen-bond acceptors (Lipinski definition) is 2. The summed E-state index contributed by atoms with van der Waals surface area (Å²) in [5.74, 6) is 1.73. The third-order valence-electron chi connectivity index (χ3n) is 10.1. The fourth-order valence-electron chi connectivity index (χ4n) is 7.98. The molecule has 1 aliphatic heterocycles. The summed E-state index contributed by atoms with van der Waals surface area (Å²) in [6, 6.07) is 52.3. The van der Waals surface area contributed by atoms with Crippen LogP contribution in [0.1, 0.15) is 0 Å². The Morgan fingerprint density at radius 2 is 1.15 bits per heavy atom. The monoisotopic (exact) mass is 618 g/mol. The summed E-state index contributed by atoms with van der Waals surface area (Å²) in [7, 11) is -2.13. The maximum Gasteiger partial charge on any atom is 0.161 e. The minimum absolute atomic E-state index is 0.776. The summed E-state index contributed by atoms with van der Waals surface area (Å²) in [6.07, 6.45) is 0. The standard InChI is InChI=1S/C42H30N4Si/c1-47(2)36-24-14-11-21-32(36)38-41(43-40(44-42(38)47)27-15-5-3-6-16-27)46-33-22-12-9-19-29(33)30-25-26-35-37(39(30)46)31-20-10-13-23-34(31)45(35)28-17-7-4-8-18-28/h3-26H,1-2H3. The molecule has 0 saturated heterocycles. The molecule has 0 spiro atoms. The Bertz CT molecular complexity index is 2700. The summed E-state index contributed by atoms with van der Waals surface area (Å²) in [5, 5.41) is 7.52. The molecule has 3 aromatic heterocycles. The van der Waals surface area contributed by atoms with Gasteiger partial charge in [-0.1, -0.05) is 128 Å². The minimum atomic E-state index is -2.13. The maximum atomic E-state index is 5.54. The van der Waals surface area contributed by atoms with Crippen molar-refractivity contribution in [2.24, 2.45) is 0 Å². The first kappa shape index (κ1) is 26.4. The van der Waals surface area contributed by atoms with Crippen molar-refractivity contribution in [3.63, 3.8) is 0 Å². The molecule has 0 atom stereocenters. The molecule has 4 nitrogen and oxygen atoms in total. The average Bonchev–Trinajstić information content (AvgIpc) is 3.72. The predicted molar refractivity (Wildman–Crippen MR) is 198 cm³/mol. The van der Waals surface area contributed by atoms with Gasteiger partial charge < -0.3 is 4.57 Å². The molecule has 5 heteroatoms. The first-order valence-electron chi connectivity index (χ1n) is 16.2. The van der Waals surface area contributed by atoms with Crippen LogP contribution in [0.5, 0.6) is 0 Å². The molecule has 1 aliphatic rings. The molecule has 0 radical (unpaired) electrons. The minimum Gasteiger partial charge on any atom is -0.309 e. The molecule has 0 unspecified atom stereocenters. The Labute approximate surface area is 273 Å². The van der Waals surface area contributed by atoms with Gasteiger partial charge in [0, 0.05) is 43.7 Å². The van der Waals surface area contributed by atoms with Crippen LogP contribution in [0.15, 0.2) is 146 Å². The highest BCUT2D eigenvalue weighted by molar-refractivity contribution is 7.03. The van der Waals surface area contributed by atoms with E-state index in [1.54, 1.807) is 0 Å². The first-order chi connectivity index (χ1) is 23.1. The Morgan fingerprint density at radius 1 is 0.511 bits per heavy atom. The van der Waals surface area contributed by atoms with Gasteiger partial charge in [-0.15, -0.1) is 0 Å². The molecule has 0 aliphatic carbocycles. The Balaban J connectivity index is 1.44. The van der Waals surface area contributed by atoms with Crippen LogP contribution in [0, 0.1) is 0 Å². The summed E-state index contributed by atoms with van der Waals surface area (Å²) in [6.45, 7) is 4.86. The van der Waals surface area contributed by atoms with Crippen molar-refractivity contribution < 1.29 is 0 Å². The highest BCUT2D eigenvalue weighted by Crippen LogP contribution is 2.43. The van der Waals surface area contributed by atoms with E-state index in [4.69, 9.17) is 9.97 Å². The third-order valence-corrected chi connectivity index (χ3v) is 13.4. The van der Waals surface area contributed by atoms with Crippen molar-refractivity contribution in [2.75, 3.05) is 0 Å².